The molecule has 4 amide bonds. The molecule has 0 aromatic heterocycles. The van der Waals surface area contributed by atoms with Crippen molar-refractivity contribution in [3.8, 4) is 11.5 Å². The van der Waals surface area contributed by atoms with Crippen LogP contribution in [-0.2, 0) is 16.1 Å². The molecule has 1 heterocycles. The van der Waals surface area contributed by atoms with E-state index in [1.54, 1.807) is 12.1 Å². The van der Waals surface area contributed by atoms with Gasteiger partial charge in [-0.3, -0.25) is 19.4 Å². The van der Waals surface area contributed by atoms with Gasteiger partial charge in [-0.2, -0.15) is 0 Å². The Morgan fingerprint density at radius 1 is 0.958 bits per heavy atom. The van der Waals surface area contributed by atoms with Crippen molar-refractivity contribution < 1.29 is 23.9 Å². The van der Waals surface area contributed by atoms with Crippen LogP contribution < -0.4 is 9.47 Å². The molecule has 2 rings (SSSR count). The van der Waals surface area contributed by atoms with E-state index in [4.69, 9.17) is 9.47 Å². The number of hydrogen-bond donors (Lipinski definition) is 0. The van der Waals surface area contributed by atoms with E-state index in [1.807, 2.05) is 20.8 Å². The number of amides is 4. The Balaban J connectivity index is 2.29. The molecule has 7 nitrogen and oxygen atoms in total. The quantitative estimate of drug-likeness (QED) is 0.587. The summed E-state index contributed by atoms with van der Waals surface area (Å²) in [7, 11) is 3.05. The Morgan fingerprint density at radius 2 is 1.50 bits per heavy atom. The number of rotatable bonds is 6. The lowest BCUT2D eigenvalue weighted by Crippen LogP contribution is -2.35. The van der Waals surface area contributed by atoms with Crippen molar-refractivity contribution in [1.82, 2.24) is 9.80 Å². The molecule has 0 unspecified atom stereocenters. The van der Waals surface area contributed by atoms with Crippen LogP contribution in [0.2, 0.25) is 0 Å². The molecule has 1 saturated heterocycles. The first-order valence-electron chi connectivity index (χ1n) is 7.69. The maximum absolute atomic E-state index is 12.4. The summed E-state index contributed by atoms with van der Waals surface area (Å²) in [6.45, 7) is 5.85. The number of hydrogen-bond acceptors (Lipinski definition) is 5. The highest BCUT2D eigenvalue weighted by atomic mass is 16.5. The summed E-state index contributed by atoms with van der Waals surface area (Å²) in [5, 5.41) is 0. The van der Waals surface area contributed by atoms with Crippen molar-refractivity contribution in [2.45, 2.75) is 27.3 Å². The third kappa shape index (κ3) is 3.20. The predicted octanol–water partition coefficient (Wildman–Crippen LogP) is 1.96. The molecule has 0 saturated carbocycles. The molecule has 0 spiro atoms. The van der Waals surface area contributed by atoms with Crippen molar-refractivity contribution in [2.75, 3.05) is 20.8 Å². The predicted molar refractivity (Wildman–Crippen MR) is 86.8 cm³/mol. The Morgan fingerprint density at radius 3 is 2.04 bits per heavy atom. The number of benzene rings is 1. The highest BCUT2D eigenvalue weighted by Gasteiger charge is 2.44. The fourth-order valence-corrected chi connectivity index (χ4v) is 2.58. The normalized spacial score (nSPS) is 14.8. The van der Waals surface area contributed by atoms with Crippen LogP contribution in [0.25, 0.3) is 0 Å². The number of nitrogens with zero attached hydrogens (tertiary/aromatic N) is 2. The van der Waals surface area contributed by atoms with E-state index in [2.05, 4.69) is 0 Å². The fourth-order valence-electron chi connectivity index (χ4n) is 2.58. The van der Waals surface area contributed by atoms with E-state index in [9.17, 15) is 14.4 Å². The SMILES string of the molecule is COc1cc(C)c(CN2C(=O)C(=O)N(CC(C)C)C2=O)cc1OC. The summed E-state index contributed by atoms with van der Waals surface area (Å²) in [4.78, 5) is 38.6. The zero-order valence-corrected chi connectivity index (χ0v) is 14.6. The summed E-state index contributed by atoms with van der Waals surface area (Å²) in [6.07, 6.45) is 0. The standard InChI is InChI=1S/C17H22N2O5/c1-10(2)8-18-15(20)16(21)19(17(18)22)9-12-7-14(24-5)13(23-4)6-11(12)3/h6-7,10H,8-9H2,1-5H3. The first-order valence-corrected chi connectivity index (χ1v) is 7.69. The van der Waals surface area contributed by atoms with E-state index in [0.717, 1.165) is 15.4 Å². The molecule has 0 bridgehead atoms. The Bertz CT molecular complexity index is 684. The average Bonchev–Trinajstić information content (AvgIpc) is 2.73. The van der Waals surface area contributed by atoms with Gasteiger partial charge in [0.1, 0.15) is 0 Å². The van der Waals surface area contributed by atoms with Crippen molar-refractivity contribution in [3.05, 3.63) is 23.3 Å². The van der Waals surface area contributed by atoms with Gasteiger partial charge in [-0.05, 0) is 36.1 Å². The largest absolute Gasteiger partial charge is 0.493 e. The first kappa shape index (κ1) is 17.8. The highest BCUT2D eigenvalue weighted by molar-refractivity contribution is 6.44. The van der Waals surface area contributed by atoms with Crippen molar-refractivity contribution in [1.29, 1.82) is 0 Å². The Labute approximate surface area is 141 Å². The summed E-state index contributed by atoms with van der Waals surface area (Å²) < 4.78 is 10.5. The molecule has 7 heteroatoms. The summed E-state index contributed by atoms with van der Waals surface area (Å²) >= 11 is 0. The van der Waals surface area contributed by atoms with Crippen LogP contribution in [0.15, 0.2) is 12.1 Å². The molecule has 130 valence electrons. The second kappa shape index (κ2) is 6.90. The maximum atomic E-state index is 12.4. The maximum Gasteiger partial charge on any atom is 0.334 e. The molecule has 1 aromatic carbocycles. The fraction of sp³-hybridized carbons (Fsp3) is 0.471. The first-order chi connectivity index (χ1) is 11.3. The monoisotopic (exact) mass is 334 g/mol. The topological polar surface area (TPSA) is 76.2 Å². The second-order valence-electron chi connectivity index (χ2n) is 6.12. The van der Waals surface area contributed by atoms with Gasteiger partial charge in [0.2, 0.25) is 0 Å². The average molecular weight is 334 g/mol. The van der Waals surface area contributed by atoms with E-state index in [-0.39, 0.29) is 19.0 Å². The zero-order valence-electron chi connectivity index (χ0n) is 14.6. The molecule has 0 aliphatic carbocycles. The number of carbonyl (C=O) groups is 3. The van der Waals surface area contributed by atoms with Crippen LogP contribution in [0.5, 0.6) is 11.5 Å². The molecule has 1 aliphatic rings. The van der Waals surface area contributed by atoms with Gasteiger partial charge in [0, 0.05) is 6.54 Å². The number of carbonyl (C=O) groups excluding carboxylic acids is 3. The van der Waals surface area contributed by atoms with E-state index < -0.39 is 17.8 Å². The van der Waals surface area contributed by atoms with Crippen molar-refractivity contribution in [3.63, 3.8) is 0 Å². The number of methoxy groups -OCH3 is 2. The number of ether oxygens (including phenoxy) is 2. The molecule has 1 fully saturated rings. The smallest absolute Gasteiger partial charge is 0.334 e. The third-order valence-electron chi connectivity index (χ3n) is 3.85. The van der Waals surface area contributed by atoms with E-state index in [0.29, 0.717) is 17.1 Å². The molecule has 1 aromatic rings. The molecule has 1 aliphatic heterocycles. The summed E-state index contributed by atoms with van der Waals surface area (Å²) in [6, 6.07) is 2.91. The summed E-state index contributed by atoms with van der Waals surface area (Å²) in [5.74, 6) is -0.409. The molecular formula is C17H22N2O5. The Kier molecular flexibility index (Phi) is 5.11. The number of imide groups is 2. The van der Waals surface area contributed by atoms with Crippen LogP contribution in [-0.4, -0.2) is 48.4 Å². The van der Waals surface area contributed by atoms with Crippen LogP contribution in [0.1, 0.15) is 25.0 Å². The van der Waals surface area contributed by atoms with E-state index in [1.165, 1.54) is 14.2 Å². The minimum absolute atomic E-state index is 0.0180. The van der Waals surface area contributed by atoms with Crippen LogP contribution >= 0.6 is 0 Å². The highest BCUT2D eigenvalue weighted by Crippen LogP contribution is 2.31. The van der Waals surface area contributed by atoms with Crippen LogP contribution in [0, 0.1) is 12.8 Å². The lowest BCUT2D eigenvalue weighted by atomic mass is 10.1. The lowest BCUT2D eigenvalue weighted by molar-refractivity contribution is -0.143. The van der Waals surface area contributed by atoms with Crippen molar-refractivity contribution >= 4 is 17.8 Å². The Hall–Kier alpha value is -2.57. The van der Waals surface area contributed by atoms with E-state index >= 15 is 0 Å². The lowest BCUT2D eigenvalue weighted by Gasteiger charge is -2.19. The van der Waals surface area contributed by atoms with Gasteiger partial charge in [-0.25, -0.2) is 4.79 Å². The number of aryl methyl sites for hydroxylation is 1. The minimum atomic E-state index is -0.796. The van der Waals surface area contributed by atoms with Gasteiger partial charge in [0.05, 0.1) is 20.8 Å². The summed E-state index contributed by atoms with van der Waals surface area (Å²) in [5.41, 5.74) is 1.55. The zero-order chi connectivity index (χ0) is 18.0. The van der Waals surface area contributed by atoms with Gasteiger partial charge < -0.3 is 9.47 Å². The van der Waals surface area contributed by atoms with Gasteiger partial charge in [0.25, 0.3) is 0 Å². The van der Waals surface area contributed by atoms with Crippen LogP contribution in [0.3, 0.4) is 0 Å². The molecular weight excluding hydrogens is 312 g/mol. The number of urea groups is 1. The van der Waals surface area contributed by atoms with Gasteiger partial charge in [-0.1, -0.05) is 13.8 Å². The second-order valence-corrected chi connectivity index (χ2v) is 6.12. The van der Waals surface area contributed by atoms with Gasteiger partial charge in [-0.15, -0.1) is 0 Å². The molecule has 0 N–H and O–H groups in total. The minimum Gasteiger partial charge on any atom is -0.493 e. The molecule has 0 atom stereocenters. The van der Waals surface area contributed by atoms with Crippen LogP contribution in [0.4, 0.5) is 4.79 Å². The molecule has 24 heavy (non-hydrogen) atoms. The van der Waals surface area contributed by atoms with Gasteiger partial charge in [0.15, 0.2) is 11.5 Å². The third-order valence-corrected chi connectivity index (χ3v) is 3.85. The van der Waals surface area contributed by atoms with Gasteiger partial charge >= 0.3 is 17.8 Å². The molecule has 0 radical (unpaired) electrons. The van der Waals surface area contributed by atoms with Crippen molar-refractivity contribution in [2.24, 2.45) is 5.92 Å².